The molecular weight excluding hydrogens is 254 g/mol. The molecule has 0 aliphatic rings. The molecule has 0 saturated heterocycles. The zero-order valence-electron chi connectivity index (χ0n) is 9.94. The number of carbonyl (C=O) groups is 1. The second-order valence-corrected chi connectivity index (χ2v) is 5.70. The Bertz CT molecular complexity index is 542. The second kappa shape index (κ2) is 4.98. The Kier molecular flexibility index (Phi) is 3.59. The molecular formula is C12H13NO2S2. The molecule has 0 amide bonds. The Morgan fingerprint density at radius 1 is 1.47 bits per heavy atom. The van der Waals surface area contributed by atoms with Crippen molar-refractivity contribution in [1.29, 1.82) is 0 Å². The van der Waals surface area contributed by atoms with Gasteiger partial charge in [-0.15, -0.1) is 22.7 Å². The van der Waals surface area contributed by atoms with Gasteiger partial charge in [0, 0.05) is 4.88 Å². The molecule has 2 heterocycles. The monoisotopic (exact) mass is 267 g/mol. The lowest BCUT2D eigenvalue weighted by atomic mass is 10.3. The minimum Gasteiger partial charge on any atom is -0.461 e. The molecule has 0 aliphatic carbocycles. The molecule has 0 radical (unpaired) electrons. The first-order chi connectivity index (χ1) is 8.13. The van der Waals surface area contributed by atoms with Crippen LogP contribution < -0.4 is 0 Å². The molecule has 0 aliphatic heterocycles. The van der Waals surface area contributed by atoms with Gasteiger partial charge >= 0.3 is 5.97 Å². The van der Waals surface area contributed by atoms with Gasteiger partial charge in [0.2, 0.25) is 0 Å². The van der Waals surface area contributed by atoms with Gasteiger partial charge in [0.15, 0.2) is 5.69 Å². The summed E-state index contributed by atoms with van der Waals surface area (Å²) in [5.41, 5.74) is 1.64. The molecule has 2 rings (SSSR count). The minimum absolute atomic E-state index is 0.332. The van der Waals surface area contributed by atoms with Gasteiger partial charge in [-0.05, 0) is 37.8 Å². The van der Waals surface area contributed by atoms with Crippen molar-refractivity contribution >= 4 is 28.6 Å². The van der Waals surface area contributed by atoms with Gasteiger partial charge in [-0.2, -0.15) is 0 Å². The van der Waals surface area contributed by atoms with E-state index < -0.39 is 0 Å². The maximum Gasteiger partial charge on any atom is 0.358 e. The predicted octanol–water partition coefficient (Wildman–Crippen LogP) is 3.67. The van der Waals surface area contributed by atoms with Crippen molar-refractivity contribution in [2.24, 2.45) is 0 Å². The number of ether oxygens (including phenoxy) is 1. The molecule has 0 fully saturated rings. The fourth-order valence-corrected chi connectivity index (χ4v) is 3.46. The number of aromatic nitrogens is 1. The van der Waals surface area contributed by atoms with E-state index in [1.165, 1.54) is 16.9 Å². The average molecular weight is 267 g/mol. The number of esters is 1. The highest BCUT2D eigenvalue weighted by Crippen LogP contribution is 2.33. The summed E-state index contributed by atoms with van der Waals surface area (Å²) in [4.78, 5) is 18.1. The number of carbonyl (C=O) groups excluding carboxylic acids is 1. The van der Waals surface area contributed by atoms with Crippen LogP contribution in [0.3, 0.4) is 0 Å². The maximum absolute atomic E-state index is 11.7. The van der Waals surface area contributed by atoms with Crippen molar-refractivity contribution < 1.29 is 9.53 Å². The Labute approximate surface area is 108 Å². The molecule has 0 bridgehead atoms. The summed E-state index contributed by atoms with van der Waals surface area (Å²) in [6.07, 6.45) is 0. The summed E-state index contributed by atoms with van der Waals surface area (Å²) in [6, 6.07) is 2.06. The maximum atomic E-state index is 11.7. The van der Waals surface area contributed by atoms with Crippen molar-refractivity contribution in [3.05, 3.63) is 27.6 Å². The van der Waals surface area contributed by atoms with E-state index in [-0.39, 0.29) is 5.97 Å². The lowest BCUT2D eigenvalue weighted by molar-refractivity contribution is 0.0519. The van der Waals surface area contributed by atoms with E-state index in [9.17, 15) is 4.79 Å². The summed E-state index contributed by atoms with van der Waals surface area (Å²) in [5.74, 6) is -0.332. The Hall–Kier alpha value is -1.20. The first kappa shape index (κ1) is 12.3. The minimum atomic E-state index is -0.332. The SMILES string of the molecule is CCOC(=O)c1nc(-c2sccc2C)sc1C. The molecule has 2 aromatic rings. The number of thiazole rings is 1. The van der Waals surface area contributed by atoms with Crippen LogP contribution in [0, 0.1) is 13.8 Å². The van der Waals surface area contributed by atoms with Gasteiger partial charge in [-0.1, -0.05) is 0 Å². The van der Waals surface area contributed by atoms with Gasteiger partial charge in [-0.3, -0.25) is 0 Å². The molecule has 3 nitrogen and oxygen atoms in total. The summed E-state index contributed by atoms with van der Waals surface area (Å²) in [7, 11) is 0. The second-order valence-electron chi connectivity index (χ2n) is 3.58. The van der Waals surface area contributed by atoms with Crippen molar-refractivity contribution in [3.8, 4) is 9.88 Å². The smallest absolute Gasteiger partial charge is 0.358 e. The van der Waals surface area contributed by atoms with Crippen LogP contribution >= 0.6 is 22.7 Å². The zero-order valence-corrected chi connectivity index (χ0v) is 11.6. The van der Waals surface area contributed by atoms with E-state index in [1.807, 2.05) is 19.2 Å². The normalized spacial score (nSPS) is 10.5. The largest absolute Gasteiger partial charge is 0.461 e. The van der Waals surface area contributed by atoms with E-state index >= 15 is 0 Å². The molecule has 2 aromatic heterocycles. The Morgan fingerprint density at radius 3 is 2.82 bits per heavy atom. The van der Waals surface area contributed by atoms with Gasteiger partial charge in [0.25, 0.3) is 0 Å². The highest BCUT2D eigenvalue weighted by atomic mass is 32.1. The van der Waals surface area contributed by atoms with Crippen LogP contribution in [0.2, 0.25) is 0 Å². The zero-order chi connectivity index (χ0) is 12.4. The first-order valence-electron chi connectivity index (χ1n) is 5.32. The Balaban J connectivity index is 2.37. The van der Waals surface area contributed by atoms with Crippen molar-refractivity contribution in [2.75, 3.05) is 6.61 Å². The van der Waals surface area contributed by atoms with Crippen molar-refractivity contribution in [2.45, 2.75) is 20.8 Å². The number of hydrogen-bond acceptors (Lipinski definition) is 5. The third-order valence-electron chi connectivity index (χ3n) is 2.32. The molecule has 5 heteroatoms. The summed E-state index contributed by atoms with van der Waals surface area (Å²) < 4.78 is 4.98. The molecule has 0 aromatic carbocycles. The fourth-order valence-electron chi connectivity index (χ4n) is 1.47. The average Bonchev–Trinajstić information content (AvgIpc) is 2.84. The van der Waals surface area contributed by atoms with Crippen LogP contribution in [0.15, 0.2) is 11.4 Å². The lowest BCUT2D eigenvalue weighted by Gasteiger charge is -1.97. The van der Waals surface area contributed by atoms with Crippen LogP contribution in [0.1, 0.15) is 27.9 Å². The van der Waals surface area contributed by atoms with Crippen molar-refractivity contribution in [1.82, 2.24) is 4.98 Å². The van der Waals surface area contributed by atoms with Gasteiger partial charge < -0.3 is 4.74 Å². The molecule has 0 unspecified atom stereocenters. The number of aryl methyl sites for hydroxylation is 2. The number of rotatable bonds is 3. The van der Waals surface area contributed by atoms with E-state index in [0.29, 0.717) is 12.3 Å². The number of nitrogens with zero attached hydrogens (tertiary/aromatic N) is 1. The summed E-state index contributed by atoms with van der Waals surface area (Å²) in [5, 5.41) is 2.93. The molecule has 0 atom stereocenters. The van der Waals surface area contributed by atoms with Crippen molar-refractivity contribution in [3.63, 3.8) is 0 Å². The van der Waals surface area contributed by atoms with E-state index in [0.717, 1.165) is 14.8 Å². The fraction of sp³-hybridized carbons (Fsp3) is 0.333. The molecule has 0 N–H and O–H groups in total. The standard InChI is InChI=1S/C12H13NO2S2/c1-4-15-12(14)9-8(3)17-11(13-9)10-7(2)5-6-16-10/h5-6H,4H2,1-3H3. The molecule has 17 heavy (non-hydrogen) atoms. The third-order valence-corrected chi connectivity index (χ3v) is 4.46. The van der Waals surface area contributed by atoms with E-state index in [4.69, 9.17) is 4.74 Å². The highest BCUT2D eigenvalue weighted by Gasteiger charge is 2.18. The van der Waals surface area contributed by atoms with Gasteiger partial charge in [0.05, 0.1) is 11.5 Å². The number of hydrogen-bond donors (Lipinski definition) is 0. The van der Waals surface area contributed by atoms with E-state index in [2.05, 4.69) is 11.1 Å². The van der Waals surface area contributed by atoms with E-state index in [1.54, 1.807) is 18.3 Å². The summed E-state index contributed by atoms with van der Waals surface area (Å²) >= 11 is 3.18. The van der Waals surface area contributed by atoms with Gasteiger partial charge in [0.1, 0.15) is 5.01 Å². The van der Waals surface area contributed by atoms with Gasteiger partial charge in [-0.25, -0.2) is 9.78 Å². The number of thiophene rings is 1. The molecule has 90 valence electrons. The van der Waals surface area contributed by atoms with Crippen LogP contribution in [0.4, 0.5) is 0 Å². The summed E-state index contributed by atoms with van der Waals surface area (Å²) in [6.45, 7) is 6.12. The van der Waals surface area contributed by atoms with Crippen LogP contribution in [-0.2, 0) is 4.74 Å². The van der Waals surface area contributed by atoms with Crippen LogP contribution in [-0.4, -0.2) is 17.6 Å². The third kappa shape index (κ3) is 2.40. The van der Waals surface area contributed by atoms with Crippen LogP contribution in [0.5, 0.6) is 0 Å². The predicted molar refractivity (Wildman–Crippen MR) is 70.9 cm³/mol. The first-order valence-corrected chi connectivity index (χ1v) is 7.02. The Morgan fingerprint density at radius 2 is 2.24 bits per heavy atom. The highest BCUT2D eigenvalue weighted by molar-refractivity contribution is 7.21. The molecule has 0 spiro atoms. The molecule has 0 saturated carbocycles. The van der Waals surface area contributed by atoms with Crippen LogP contribution in [0.25, 0.3) is 9.88 Å². The lowest BCUT2D eigenvalue weighted by Crippen LogP contribution is -2.06. The topological polar surface area (TPSA) is 39.2 Å². The quantitative estimate of drug-likeness (QED) is 0.797.